The monoisotopic (exact) mass is 279 g/mol. The van der Waals surface area contributed by atoms with E-state index in [1.807, 2.05) is 0 Å². The summed E-state index contributed by atoms with van der Waals surface area (Å²) in [5.74, 6) is 0. The Labute approximate surface area is 125 Å². The van der Waals surface area contributed by atoms with E-state index in [4.69, 9.17) is 0 Å². The molecule has 0 aromatic rings. The third-order valence-corrected chi connectivity index (χ3v) is 5.85. The summed E-state index contributed by atoms with van der Waals surface area (Å²) in [6.45, 7) is 5.77. The van der Waals surface area contributed by atoms with Crippen molar-refractivity contribution in [1.29, 1.82) is 0 Å². The number of hydrogen-bond acceptors (Lipinski definition) is 2. The van der Waals surface area contributed by atoms with E-state index in [1.165, 1.54) is 57.7 Å². The van der Waals surface area contributed by atoms with Crippen LogP contribution in [0.2, 0.25) is 0 Å². The van der Waals surface area contributed by atoms with E-state index in [1.54, 1.807) is 0 Å². The number of nitrogens with zero attached hydrogens (tertiary/aromatic N) is 1. The van der Waals surface area contributed by atoms with Crippen LogP contribution >= 0.6 is 0 Å². The lowest BCUT2D eigenvalue weighted by Gasteiger charge is -2.41. The quantitative estimate of drug-likeness (QED) is 0.560. The fraction of sp³-hybridized carbons (Fsp3) is 0.944. The summed E-state index contributed by atoms with van der Waals surface area (Å²) in [5, 5.41) is 0. The maximum Gasteiger partial charge on any atom is 0.127 e. The van der Waals surface area contributed by atoms with Crippen molar-refractivity contribution >= 4 is 6.29 Å². The van der Waals surface area contributed by atoms with Crippen LogP contribution in [0.15, 0.2) is 0 Å². The molecule has 0 aromatic heterocycles. The van der Waals surface area contributed by atoms with Crippen LogP contribution in [0.25, 0.3) is 0 Å². The number of carbonyl (C=O) groups is 1. The third kappa shape index (κ3) is 4.07. The molecular weight excluding hydrogens is 246 g/mol. The van der Waals surface area contributed by atoms with Gasteiger partial charge in [0.05, 0.1) is 0 Å². The molecule has 116 valence electrons. The molecule has 0 N–H and O–H groups in total. The van der Waals surface area contributed by atoms with Crippen LogP contribution < -0.4 is 0 Å². The van der Waals surface area contributed by atoms with E-state index >= 15 is 0 Å². The fourth-order valence-corrected chi connectivity index (χ4v) is 4.20. The first-order valence-electron chi connectivity index (χ1n) is 8.63. The highest BCUT2D eigenvalue weighted by atomic mass is 16.1. The molecule has 0 amide bonds. The van der Waals surface area contributed by atoms with E-state index in [0.717, 1.165) is 19.4 Å². The lowest BCUT2D eigenvalue weighted by Crippen LogP contribution is -2.44. The zero-order valence-corrected chi connectivity index (χ0v) is 13.8. The molecule has 0 radical (unpaired) electrons. The molecule has 0 spiro atoms. The molecular formula is C18H33NO. The first-order chi connectivity index (χ1) is 9.46. The zero-order chi connectivity index (χ0) is 14.6. The molecule has 0 heterocycles. The summed E-state index contributed by atoms with van der Waals surface area (Å²) in [5.41, 5.74) is 0.486. The van der Waals surface area contributed by atoms with Gasteiger partial charge in [-0.05, 0) is 51.0 Å². The SMILES string of the molecule is CN(CC1(C=O)CCCCCC1)C1CCC(C)(C)CC1. The summed E-state index contributed by atoms with van der Waals surface area (Å²) < 4.78 is 0. The standard InChI is InChI=1S/C18H33NO/c1-17(2)12-8-16(9-13-17)19(3)14-18(15-20)10-6-4-5-7-11-18/h15-16H,4-14H2,1-3H3. The highest BCUT2D eigenvalue weighted by molar-refractivity contribution is 5.59. The Kier molecular flexibility index (Phi) is 5.28. The molecule has 2 aliphatic carbocycles. The van der Waals surface area contributed by atoms with Gasteiger partial charge >= 0.3 is 0 Å². The molecule has 0 saturated heterocycles. The number of hydrogen-bond donors (Lipinski definition) is 0. The van der Waals surface area contributed by atoms with Crippen molar-refractivity contribution in [3.05, 3.63) is 0 Å². The first kappa shape index (κ1) is 16.0. The van der Waals surface area contributed by atoms with Crippen molar-refractivity contribution in [3.8, 4) is 0 Å². The van der Waals surface area contributed by atoms with Crippen molar-refractivity contribution in [2.45, 2.75) is 84.1 Å². The molecule has 0 bridgehead atoms. The Hall–Kier alpha value is -0.370. The Balaban J connectivity index is 1.92. The van der Waals surface area contributed by atoms with Crippen LogP contribution in [0.4, 0.5) is 0 Å². The Morgan fingerprint density at radius 1 is 1.00 bits per heavy atom. The van der Waals surface area contributed by atoms with Crippen molar-refractivity contribution < 1.29 is 4.79 Å². The minimum atomic E-state index is -0.0434. The summed E-state index contributed by atoms with van der Waals surface area (Å²) in [6, 6.07) is 0.697. The molecule has 2 fully saturated rings. The molecule has 2 aliphatic rings. The Morgan fingerprint density at radius 2 is 1.55 bits per heavy atom. The van der Waals surface area contributed by atoms with E-state index in [9.17, 15) is 4.79 Å². The maximum absolute atomic E-state index is 11.7. The number of aldehydes is 1. The fourth-order valence-electron chi connectivity index (χ4n) is 4.20. The maximum atomic E-state index is 11.7. The van der Waals surface area contributed by atoms with Gasteiger partial charge in [0.25, 0.3) is 0 Å². The zero-order valence-electron chi connectivity index (χ0n) is 13.8. The normalized spacial score (nSPS) is 27.2. The summed E-state index contributed by atoms with van der Waals surface area (Å²) in [4.78, 5) is 14.2. The Bertz CT molecular complexity index is 305. The van der Waals surface area contributed by atoms with Gasteiger partial charge < -0.3 is 9.69 Å². The predicted octanol–water partition coefficient (Wildman–Crippen LogP) is 4.43. The molecule has 2 saturated carbocycles. The largest absolute Gasteiger partial charge is 0.303 e. The molecule has 2 heteroatoms. The van der Waals surface area contributed by atoms with Crippen molar-refractivity contribution in [3.63, 3.8) is 0 Å². The third-order valence-electron chi connectivity index (χ3n) is 5.85. The van der Waals surface area contributed by atoms with Crippen LogP contribution in [0.5, 0.6) is 0 Å². The highest BCUT2D eigenvalue weighted by Gasteiger charge is 2.35. The van der Waals surface area contributed by atoms with Gasteiger partial charge in [0, 0.05) is 18.0 Å². The van der Waals surface area contributed by atoms with E-state index in [0.29, 0.717) is 11.5 Å². The van der Waals surface area contributed by atoms with Crippen LogP contribution in [-0.4, -0.2) is 30.8 Å². The Morgan fingerprint density at radius 3 is 2.05 bits per heavy atom. The van der Waals surface area contributed by atoms with Crippen LogP contribution in [0.1, 0.15) is 78.1 Å². The van der Waals surface area contributed by atoms with Crippen LogP contribution in [-0.2, 0) is 4.79 Å². The van der Waals surface area contributed by atoms with Crippen LogP contribution in [0, 0.1) is 10.8 Å². The van der Waals surface area contributed by atoms with Gasteiger partial charge in [-0.3, -0.25) is 0 Å². The second-order valence-electron chi connectivity index (χ2n) is 8.20. The van der Waals surface area contributed by atoms with E-state index in [2.05, 4.69) is 25.8 Å². The summed E-state index contributed by atoms with van der Waals surface area (Å²) in [6.07, 6.45) is 13.9. The number of rotatable bonds is 4. The van der Waals surface area contributed by atoms with E-state index < -0.39 is 0 Å². The molecule has 0 atom stereocenters. The minimum absolute atomic E-state index is 0.0434. The summed E-state index contributed by atoms with van der Waals surface area (Å²) >= 11 is 0. The van der Waals surface area contributed by atoms with Gasteiger partial charge in [0.15, 0.2) is 0 Å². The second-order valence-corrected chi connectivity index (χ2v) is 8.20. The molecule has 2 rings (SSSR count). The molecule has 0 aromatic carbocycles. The first-order valence-corrected chi connectivity index (χ1v) is 8.63. The van der Waals surface area contributed by atoms with Crippen molar-refractivity contribution in [2.75, 3.05) is 13.6 Å². The lowest BCUT2D eigenvalue weighted by atomic mass is 9.74. The van der Waals surface area contributed by atoms with Gasteiger partial charge in [0.1, 0.15) is 6.29 Å². The topological polar surface area (TPSA) is 20.3 Å². The molecule has 20 heavy (non-hydrogen) atoms. The highest BCUT2D eigenvalue weighted by Crippen LogP contribution is 2.39. The predicted molar refractivity (Wildman–Crippen MR) is 84.9 cm³/mol. The van der Waals surface area contributed by atoms with E-state index in [-0.39, 0.29) is 5.41 Å². The lowest BCUT2D eigenvalue weighted by molar-refractivity contribution is -0.118. The smallest absolute Gasteiger partial charge is 0.127 e. The van der Waals surface area contributed by atoms with Gasteiger partial charge in [-0.1, -0.05) is 39.5 Å². The molecule has 0 aliphatic heterocycles. The second kappa shape index (κ2) is 6.60. The van der Waals surface area contributed by atoms with Crippen molar-refractivity contribution in [1.82, 2.24) is 4.90 Å². The molecule has 0 unspecified atom stereocenters. The van der Waals surface area contributed by atoms with Gasteiger partial charge in [-0.15, -0.1) is 0 Å². The minimum Gasteiger partial charge on any atom is -0.303 e. The summed E-state index contributed by atoms with van der Waals surface area (Å²) in [7, 11) is 2.25. The van der Waals surface area contributed by atoms with Crippen LogP contribution in [0.3, 0.4) is 0 Å². The molecule has 2 nitrogen and oxygen atoms in total. The average molecular weight is 279 g/mol. The van der Waals surface area contributed by atoms with Gasteiger partial charge in [-0.2, -0.15) is 0 Å². The van der Waals surface area contributed by atoms with Gasteiger partial charge in [0.2, 0.25) is 0 Å². The number of carbonyl (C=O) groups excluding carboxylic acids is 1. The average Bonchev–Trinajstić information content (AvgIpc) is 2.64. The van der Waals surface area contributed by atoms with Gasteiger partial charge in [-0.25, -0.2) is 0 Å². The van der Waals surface area contributed by atoms with Crippen molar-refractivity contribution in [2.24, 2.45) is 10.8 Å².